The molecule has 7 heteroatoms. The topological polar surface area (TPSA) is 56.8 Å². The van der Waals surface area contributed by atoms with E-state index in [0.29, 0.717) is 13.2 Å². The van der Waals surface area contributed by atoms with Gasteiger partial charge in [0, 0.05) is 6.54 Å². The number of alkyl carbamates (subject to hydrolysis) is 1. The van der Waals surface area contributed by atoms with Crippen LogP contribution in [0.4, 0.5) is 4.79 Å². The van der Waals surface area contributed by atoms with Gasteiger partial charge < -0.3 is 18.9 Å². The van der Waals surface area contributed by atoms with Gasteiger partial charge >= 0.3 is 6.09 Å². The molecule has 0 aromatic heterocycles. The number of hydrogen-bond acceptors (Lipinski definition) is 4. The van der Waals surface area contributed by atoms with Gasteiger partial charge in [0.05, 0.1) is 12.7 Å². The quantitative estimate of drug-likeness (QED) is 0.669. The highest BCUT2D eigenvalue weighted by Gasteiger charge is 2.24. The van der Waals surface area contributed by atoms with Gasteiger partial charge in [0.2, 0.25) is 0 Å². The molecule has 0 heterocycles. The van der Waals surface area contributed by atoms with Crippen molar-refractivity contribution in [2.24, 2.45) is 0 Å². The van der Waals surface area contributed by atoms with Crippen LogP contribution in [-0.4, -0.2) is 42.0 Å². The minimum absolute atomic E-state index is 0.146. The van der Waals surface area contributed by atoms with Gasteiger partial charge in [-0.1, -0.05) is 30.3 Å². The first-order valence-electron chi connectivity index (χ1n) is 8.31. The van der Waals surface area contributed by atoms with E-state index in [0.717, 1.165) is 5.56 Å². The summed E-state index contributed by atoms with van der Waals surface area (Å²) in [6.07, 6.45) is -0.580. The molecule has 1 N–H and O–H groups in total. The number of carbonyl (C=O) groups excluding carboxylic acids is 1. The van der Waals surface area contributed by atoms with Gasteiger partial charge in [-0.2, -0.15) is 0 Å². The molecule has 0 aliphatic heterocycles. The maximum absolute atomic E-state index is 11.9. The first kappa shape index (κ1) is 20.9. The monoisotopic (exact) mass is 369 g/mol. The van der Waals surface area contributed by atoms with E-state index in [4.69, 9.17) is 13.6 Å². The Kier molecular flexibility index (Phi) is 8.15. The van der Waals surface area contributed by atoms with Crippen LogP contribution in [0.3, 0.4) is 0 Å². The molecule has 1 aromatic rings. The Balaban J connectivity index is 2.43. The van der Waals surface area contributed by atoms with Crippen LogP contribution in [-0.2, 0) is 20.2 Å². The molecule has 0 radical (unpaired) electrons. The van der Waals surface area contributed by atoms with E-state index in [9.17, 15) is 4.79 Å². The number of carbonyl (C=O) groups is 1. The van der Waals surface area contributed by atoms with Crippen molar-refractivity contribution in [2.45, 2.75) is 52.0 Å². The number of amides is 1. The lowest BCUT2D eigenvalue weighted by molar-refractivity contribution is 0.105. The highest BCUT2D eigenvalue weighted by atomic mass is 28.4. The highest BCUT2D eigenvalue weighted by molar-refractivity contribution is 6.70. The molecule has 0 aliphatic rings. The molecule has 0 aliphatic carbocycles. The molecule has 24 heavy (non-hydrogen) atoms. The number of hydrogen-bond donors (Lipinski definition) is 1. The molecule has 1 atom stereocenters. The second-order valence-corrected chi connectivity index (χ2v) is 16.7. The molecule has 1 rings (SSSR count). The highest BCUT2D eigenvalue weighted by Crippen LogP contribution is 2.11. The molecular weight excluding hydrogens is 338 g/mol. The molecule has 0 spiro atoms. The summed E-state index contributed by atoms with van der Waals surface area (Å²) in [6.45, 7) is 14.0. The van der Waals surface area contributed by atoms with Crippen molar-refractivity contribution in [1.82, 2.24) is 5.32 Å². The third-order valence-electron chi connectivity index (χ3n) is 2.91. The summed E-state index contributed by atoms with van der Waals surface area (Å²) < 4.78 is 17.3. The molecule has 136 valence electrons. The molecule has 0 unspecified atom stereocenters. The summed E-state index contributed by atoms with van der Waals surface area (Å²) in [7, 11) is -3.34. The van der Waals surface area contributed by atoms with Crippen molar-refractivity contribution in [3.05, 3.63) is 35.9 Å². The summed E-state index contributed by atoms with van der Waals surface area (Å²) in [5, 5.41) is 2.78. The molecule has 1 aromatic carbocycles. The molecule has 5 nitrogen and oxygen atoms in total. The second kappa shape index (κ2) is 9.36. The van der Waals surface area contributed by atoms with E-state index >= 15 is 0 Å². The minimum Gasteiger partial charge on any atom is -0.445 e. The Morgan fingerprint density at radius 3 is 2.21 bits per heavy atom. The smallest absolute Gasteiger partial charge is 0.407 e. The van der Waals surface area contributed by atoms with Gasteiger partial charge in [0.15, 0.2) is 16.6 Å². The Labute approximate surface area is 148 Å². The van der Waals surface area contributed by atoms with Crippen molar-refractivity contribution >= 4 is 22.7 Å². The maximum Gasteiger partial charge on any atom is 0.407 e. The van der Waals surface area contributed by atoms with Gasteiger partial charge in [-0.3, -0.25) is 0 Å². The van der Waals surface area contributed by atoms with Crippen LogP contribution in [0.15, 0.2) is 30.3 Å². The van der Waals surface area contributed by atoms with Crippen LogP contribution in [0, 0.1) is 0 Å². The fourth-order valence-corrected chi connectivity index (χ4v) is 3.79. The largest absolute Gasteiger partial charge is 0.445 e. The lowest BCUT2D eigenvalue weighted by Crippen LogP contribution is -2.44. The van der Waals surface area contributed by atoms with Gasteiger partial charge in [-0.05, 0) is 44.8 Å². The Bertz CT molecular complexity index is 498. The normalized spacial score (nSPS) is 13.4. The summed E-state index contributed by atoms with van der Waals surface area (Å²) in [5.41, 5.74) is 0.963. The van der Waals surface area contributed by atoms with Crippen LogP contribution in [0.1, 0.15) is 5.56 Å². The van der Waals surface area contributed by atoms with Gasteiger partial charge in [-0.15, -0.1) is 0 Å². The second-order valence-electron chi connectivity index (χ2n) is 7.72. The van der Waals surface area contributed by atoms with E-state index < -0.39 is 22.7 Å². The number of nitrogens with one attached hydrogen (secondary N) is 1. The fraction of sp³-hybridized carbons (Fsp3) is 0.588. The van der Waals surface area contributed by atoms with Crippen molar-refractivity contribution in [2.75, 3.05) is 13.2 Å². The molecular formula is C17H31NO4Si2. The predicted octanol–water partition coefficient (Wildman–Crippen LogP) is 3.98. The summed E-state index contributed by atoms with van der Waals surface area (Å²) in [5.74, 6) is 0. The lowest BCUT2D eigenvalue weighted by atomic mass is 10.2. The van der Waals surface area contributed by atoms with Crippen molar-refractivity contribution in [3.8, 4) is 0 Å². The van der Waals surface area contributed by atoms with Crippen LogP contribution in [0.5, 0.6) is 0 Å². The molecule has 0 fully saturated rings. The van der Waals surface area contributed by atoms with E-state index in [1.165, 1.54) is 0 Å². The number of ether oxygens (including phenoxy) is 1. The van der Waals surface area contributed by atoms with Crippen LogP contribution < -0.4 is 5.32 Å². The predicted molar refractivity (Wildman–Crippen MR) is 102 cm³/mol. The standard InChI is InChI=1S/C17H31NO4Si2/c1-23(2,3)21-14-16(22-24(4,5)6)12-18-17(19)20-13-15-10-8-7-9-11-15/h7-11,16H,12-14H2,1-6H3,(H,18,19)/t16-/m0/s1. The first-order chi connectivity index (χ1) is 11.1. The molecule has 0 bridgehead atoms. The molecule has 0 saturated heterocycles. The van der Waals surface area contributed by atoms with E-state index in [-0.39, 0.29) is 12.7 Å². The Morgan fingerprint density at radius 2 is 1.67 bits per heavy atom. The van der Waals surface area contributed by atoms with Crippen molar-refractivity contribution < 1.29 is 18.4 Å². The summed E-state index contributed by atoms with van der Waals surface area (Å²) >= 11 is 0. The van der Waals surface area contributed by atoms with Crippen LogP contribution in [0.25, 0.3) is 0 Å². The maximum atomic E-state index is 11.9. The van der Waals surface area contributed by atoms with E-state index in [1.54, 1.807) is 0 Å². The minimum atomic E-state index is -1.72. The number of benzene rings is 1. The fourth-order valence-electron chi connectivity index (χ4n) is 1.95. The summed E-state index contributed by atoms with van der Waals surface area (Å²) in [6, 6.07) is 9.61. The zero-order valence-corrected chi connectivity index (χ0v) is 17.7. The number of rotatable bonds is 9. The van der Waals surface area contributed by atoms with Crippen molar-refractivity contribution in [3.63, 3.8) is 0 Å². The van der Waals surface area contributed by atoms with Crippen LogP contribution >= 0.6 is 0 Å². The van der Waals surface area contributed by atoms with Gasteiger partial charge in [-0.25, -0.2) is 4.79 Å². The summed E-state index contributed by atoms with van der Waals surface area (Å²) in [4.78, 5) is 11.9. The lowest BCUT2D eigenvalue weighted by Gasteiger charge is -2.29. The Morgan fingerprint density at radius 1 is 1.04 bits per heavy atom. The molecule has 1 amide bonds. The first-order valence-corrected chi connectivity index (χ1v) is 15.1. The average molecular weight is 370 g/mol. The third-order valence-corrected chi connectivity index (χ3v) is 4.98. The third kappa shape index (κ3) is 10.6. The Hall–Kier alpha value is -1.16. The van der Waals surface area contributed by atoms with Gasteiger partial charge in [0.1, 0.15) is 6.61 Å². The SMILES string of the molecule is C[Si](C)(C)OC[C@H](CNC(=O)OCc1ccccc1)O[Si](C)(C)C. The molecule has 0 saturated carbocycles. The zero-order chi connectivity index (χ0) is 18.2. The van der Waals surface area contributed by atoms with Crippen molar-refractivity contribution in [1.29, 1.82) is 0 Å². The van der Waals surface area contributed by atoms with Crippen LogP contribution in [0.2, 0.25) is 39.3 Å². The van der Waals surface area contributed by atoms with Gasteiger partial charge in [0.25, 0.3) is 0 Å². The average Bonchev–Trinajstić information content (AvgIpc) is 2.47. The zero-order valence-electron chi connectivity index (χ0n) is 15.7. The van der Waals surface area contributed by atoms with E-state index in [1.807, 2.05) is 30.3 Å². The van der Waals surface area contributed by atoms with E-state index in [2.05, 4.69) is 44.6 Å².